The molecule has 8 heteroatoms. The normalized spacial score (nSPS) is 27.4. The van der Waals surface area contributed by atoms with Gasteiger partial charge in [-0.15, -0.1) is 6.58 Å². The summed E-state index contributed by atoms with van der Waals surface area (Å²) < 4.78 is 19.1. The number of rotatable bonds is 5. The summed E-state index contributed by atoms with van der Waals surface area (Å²) in [6.45, 7) is 6.23. The van der Waals surface area contributed by atoms with Gasteiger partial charge >= 0.3 is 6.03 Å². The average Bonchev–Trinajstić information content (AvgIpc) is 2.82. The van der Waals surface area contributed by atoms with Crippen molar-refractivity contribution in [3.05, 3.63) is 48.3 Å². The van der Waals surface area contributed by atoms with Crippen LogP contribution in [-0.2, 0) is 9.53 Å². The highest BCUT2D eigenvalue weighted by Gasteiger charge is 2.47. The first-order valence-electron chi connectivity index (χ1n) is 11.4. The van der Waals surface area contributed by atoms with E-state index in [0.29, 0.717) is 44.9 Å². The van der Waals surface area contributed by atoms with E-state index >= 15 is 0 Å². The number of aliphatic hydroxyl groups is 1. The van der Waals surface area contributed by atoms with Crippen LogP contribution in [0.25, 0.3) is 0 Å². The van der Waals surface area contributed by atoms with Crippen LogP contribution in [0.1, 0.15) is 37.2 Å². The van der Waals surface area contributed by atoms with Gasteiger partial charge in [-0.3, -0.25) is 4.79 Å². The Morgan fingerprint density at radius 3 is 2.66 bits per heavy atom. The highest BCUT2D eigenvalue weighted by atomic mass is 19.1. The van der Waals surface area contributed by atoms with E-state index in [1.54, 1.807) is 23.1 Å². The molecule has 3 amide bonds. The number of hydrogen-bond acceptors (Lipinski definition) is 4. The van der Waals surface area contributed by atoms with Crippen LogP contribution in [-0.4, -0.2) is 77.9 Å². The van der Waals surface area contributed by atoms with E-state index in [2.05, 4.69) is 11.9 Å². The Morgan fingerprint density at radius 2 is 2.00 bits per heavy atom. The van der Waals surface area contributed by atoms with Gasteiger partial charge < -0.3 is 25.0 Å². The minimum absolute atomic E-state index is 0.0126. The highest BCUT2D eigenvalue weighted by Crippen LogP contribution is 2.36. The first-order valence-corrected chi connectivity index (χ1v) is 11.4. The molecule has 7 nitrogen and oxygen atoms in total. The Balaban J connectivity index is 1.36. The van der Waals surface area contributed by atoms with Gasteiger partial charge in [0.25, 0.3) is 0 Å². The molecule has 2 unspecified atom stereocenters. The van der Waals surface area contributed by atoms with Gasteiger partial charge in [-0.1, -0.05) is 18.2 Å². The second kappa shape index (κ2) is 9.58. The number of ether oxygens (including phenoxy) is 1. The molecule has 1 aromatic carbocycles. The molecule has 0 saturated carbocycles. The van der Waals surface area contributed by atoms with Crippen LogP contribution in [0, 0.1) is 11.7 Å². The van der Waals surface area contributed by atoms with Crippen molar-refractivity contribution in [2.75, 3.05) is 39.4 Å². The molecule has 4 rings (SSSR count). The van der Waals surface area contributed by atoms with E-state index in [1.807, 2.05) is 4.90 Å². The van der Waals surface area contributed by atoms with Gasteiger partial charge in [0.2, 0.25) is 5.91 Å². The van der Waals surface area contributed by atoms with Crippen molar-refractivity contribution in [1.82, 2.24) is 15.1 Å². The van der Waals surface area contributed by atoms with Crippen molar-refractivity contribution in [3.8, 4) is 0 Å². The summed E-state index contributed by atoms with van der Waals surface area (Å²) in [5, 5.41) is 12.5. The largest absolute Gasteiger partial charge is 0.396 e. The topological polar surface area (TPSA) is 82.1 Å². The fourth-order valence-corrected chi connectivity index (χ4v) is 5.42. The lowest BCUT2D eigenvalue weighted by Gasteiger charge is -2.49. The summed E-state index contributed by atoms with van der Waals surface area (Å²) in [5.41, 5.74) is 0.430. The smallest absolute Gasteiger partial charge is 0.320 e. The average molecular weight is 446 g/mol. The highest BCUT2D eigenvalue weighted by molar-refractivity contribution is 5.79. The zero-order valence-electron chi connectivity index (χ0n) is 18.3. The lowest BCUT2D eigenvalue weighted by atomic mass is 9.78. The summed E-state index contributed by atoms with van der Waals surface area (Å²) >= 11 is 0. The van der Waals surface area contributed by atoms with Crippen LogP contribution in [0.3, 0.4) is 0 Å². The number of carbonyl (C=O) groups excluding carboxylic acids is 2. The van der Waals surface area contributed by atoms with E-state index in [0.717, 1.165) is 18.4 Å². The van der Waals surface area contributed by atoms with Crippen molar-refractivity contribution in [2.45, 2.75) is 43.2 Å². The maximum Gasteiger partial charge on any atom is 0.320 e. The van der Waals surface area contributed by atoms with Gasteiger partial charge in [0.1, 0.15) is 18.0 Å². The Labute approximate surface area is 188 Å². The van der Waals surface area contributed by atoms with Crippen molar-refractivity contribution >= 4 is 11.9 Å². The number of likely N-dealkylation sites (tertiary alicyclic amines) is 2. The molecule has 3 heterocycles. The summed E-state index contributed by atoms with van der Waals surface area (Å²) in [6.07, 6.45) is 4.65. The standard InChI is InChI=1S/C24H32FN3O4/c1-2-24-10-13-28(15-21(24)26-22(30)16-32-24)23(31)27-11-7-18(8-12-27)20(9-14-29)17-3-5-19(25)6-4-17/h2-6,18,20-21,29H,1,7-16H2,(H,26,30)/t20?,21-,24?/m1/s1. The molecule has 3 atom stereocenters. The molecular weight excluding hydrogens is 413 g/mol. The van der Waals surface area contributed by atoms with Gasteiger partial charge in [-0.25, -0.2) is 9.18 Å². The zero-order valence-corrected chi connectivity index (χ0v) is 18.3. The molecular formula is C24H32FN3O4. The fraction of sp³-hybridized carbons (Fsp3) is 0.583. The van der Waals surface area contributed by atoms with Crippen molar-refractivity contribution in [1.29, 1.82) is 0 Å². The third-order valence-electron chi connectivity index (χ3n) is 7.31. The van der Waals surface area contributed by atoms with E-state index in [1.165, 1.54) is 12.1 Å². The van der Waals surface area contributed by atoms with E-state index in [-0.39, 0.29) is 42.9 Å². The minimum atomic E-state index is -0.607. The van der Waals surface area contributed by atoms with Gasteiger partial charge in [0.15, 0.2) is 0 Å². The molecule has 0 radical (unpaired) electrons. The van der Waals surface area contributed by atoms with Gasteiger partial charge in [-0.05, 0) is 55.2 Å². The maximum absolute atomic E-state index is 13.3. The van der Waals surface area contributed by atoms with E-state index in [9.17, 15) is 19.1 Å². The first kappa shape index (κ1) is 22.7. The molecule has 3 aliphatic rings. The number of aliphatic hydroxyl groups excluding tert-OH is 1. The van der Waals surface area contributed by atoms with Crippen LogP contribution in [0.15, 0.2) is 36.9 Å². The zero-order chi connectivity index (χ0) is 22.7. The molecule has 3 saturated heterocycles. The summed E-state index contributed by atoms with van der Waals surface area (Å²) in [5.74, 6) is 0.0462. The Morgan fingerprint density at radius 1 is 1.28 bits per heavy atom. The quantitative estimate of drug-likeness (QED) is 0.682. The summed E-state index contributed by atoms with van der Waals surface area (Å²) in [4.78, 5) is 28.7. The summed E-state index contributed by atoms with van der Waals surface area (Å²) in [6, 6.07) is 6.23. The van der Waals surface area contributed by atoms with Crippen LogP contribution in [0.5, 0.6) is 0 Å². The molecule has 0 aliphatic carbocycles. The Hall–Kier alpha value is -2.45. The predicted molar refractivity (Wildman–Crippen MR) is 118 cm³/mol. The minimum Gasteiger partial charge on any atom is -0.396 e. The number of hydrogen-bond donors (Lipinski definition) is 2. The number of urea groups is 1. The monoisotopic (exact) mass is 445 g/mol. The second-order valence-electron chi connectivity index (χ2n) is 9.04. The SMILES string of the molecule is C=CC12CCN(C(=O)N3CCC(C(CCO)c4ccc(F)cc4)CC3)C[C@H]1NC(=O)CO2. The number of halogens is 1. The van der Waals surface area contributed by atoms with Crippen LogP contribution in [0.4, 0.5) is 9.18 Å². The fourth-order valence-electron chi connectivity index (χ4n) is 5.42. The number of benzene rings is 1. The number of morpholine rings is 1. The number of carbonyl (C=O) groups is 2. The van der Waals surface area contributed by atoms with Crippen molar-refractivity contribution < 1.29 is 23.8 Å². The number of piperidine rings is 2. The third kappa shape index (κ3) is 4.52. The van der Waals surface area contributed by atoms with E-state index in [4.69, 9.17) is 4.74 Å². The molecule has 0 spiro atoms. The lowest BCUT2D eigenvalue weighted by Crippen LogP contribution is -2.68. The number of nitrogens with one attached hydrogen (secondary N) is 1. The van der Waals surface area contributed by atoms with Gasteiger partial charge in [0.05, 0.1) is 6.04 Å². The van der Waals surface area contributed by atoms with Gasteiger partial charge in [-0.2, -0.15) is 0 Å². The van der Waals surface area contributed by atoms with E-state index < -0.39 is 5.60 Å². The van der Waals surface area contributed by atoms with Crippen LogP contribution in [0.2, 0.25) is 0 Å². The Bertz CT molecular complexity index is 840. The van der Waals surface area contributed by atoms with Gasteiger partial charge in [0, 0.05) is 32.8 Å². The molecule has 0 bridgehead atoms. The molecule has 2 N–H and O–H groups in total. The molecule has 0 aromatic heterocycles. The third-order valence-corrected chi connectivity index (χ3v) is 7.31. The maximum atomic E-state index is 13.3. The summed E-state index contributed by atoms with van der Waals surface area (Å²) in [7, 11) is 0. The molecule has 3 fully saturated rings. The molecule has 174 valence electrons. The van der Waals surface area contributed by atoms with Crippen molar-refractivity contribution in [2.24, 2.45) is 5.92 Å². The molecule has 1 aromatic rings. The number of nitrogens with zero attached hydrogens (tertiary/aromatic N) is 2. The lowest BCUT2D eigenvalue weighted by molar-refractivity contribution is -0.150. The first-order chi connectivity index (χ1) is 15.5. The second-order valence-corrected chi connectivity index (χ2v) is 9.04. The Kier molecular flexibility index (Phi) is 6.81. The molecule has 3 aliphatic heterocycles. The van der Waals surface area contributed by atoms with Crippen molar-refractivity contribution in [3.63, 3.8) is 0 Å². The predicted octanol–water partition coefficient (Wildman–Crippen LogP) is 2.27. The number of fused-ring (bicyclic) bond motifs is 1. The number of amides is 3. The van der Waals surface area contributed by atoms with Crippen LogP contribution >= 0.6 is 0 Å². The van der Waals surface area contributed by atoms with Crippen LogP contribution < -0.4 is 5.32 Å². The molecule has 32 heavy (non-hydrogen) atoms.